The van der Waals surface area contributed by atoms with Gasteiger partial charge in [0.15, 0.2) is 0 Å². The molecule has 0 aromatic heterocycles. The Balaban J connectivity index is 3.34. The summed E-state index contributed by atoms with van der Waals surface area (Å²) in [5.74, 6) is 0. The predicted octanol–water partition coefficient (Wildman–Crippen LogP) is 0.938. The molecule has 0 saturated heterocycles. The van der Waals surface area contributed by atoms with E-state index < -0.39 is 0 Å². The van der Waals surface area contributed by atoms with Gasteiger partial charge in [0.2, 0.25) is 0 Å². The molecule has 0 saturated carbocycles. The fourth-order valence-corrected chi connectivity index (χ4v) is 0.272. The van der Waals surface area contributed by atoms with Gasteiger partial charge in [-0.15, -0.1) is 0 Å². The van der Waals surface area contributed by atoms with Gasteiger partial charge in [0.1, 0.15) is 0 Å². The summed E-state index contributed by atoms with van der Waals surface area (Å²) in [6.45, 7) is 4.03. The minimum absolute atomic E-state index is 0.367. The third kappa shape index (κ3) is 5.21. The molecule has 0 aliphatic heterocycles. The first-order chi connectivity index (χ1) is 3.77. The van der Waals surface area contributed by atoms with Crippen LogP contribution in [0.15, 0.2) is 17.3 Å². The molecule has 0 unspecified atom stereocenters. The molecular formula is C6H12N2. The summed E-state index contributed by atoms with van der Waals surface area (Å²) in [5, 5.41) is 0. The molecule has 0 fully saturated rings. The van der Waals surface area contributed by atoms with Gasteiger partial charge in [0, 0.05) is 12.3 Å². The lowest BCUT2D eigenvalue weighted by Crippen LogP contribution is -1.87. The van der Waals surface area contributed by atoms with Crippen LogP contribution in [0.4, 0.5) is 0 Å². The second-order valence-electron chi connectivity index (χ2n) is 1.78. The van der Waals surface area contributed by atoms with Crippen LogP contribution >= 0.6 is 0 Å². The third-order valence-corrected chi connectivity index (χ3v) is 0.581. The molecule has 0 aliphatic carbocycles. The Hall–Kier alpha value is -0.790. The fourth-order valence-electron chi connectivity index (χ4n) is 0.272. The molecule has 0 aromatic rings. The second kappa shape index (κ2) is 4.37. The van der Waals surface area contributed by atoms with E-state index in [-0.39, 0.29) is 0 Å². The molecule has 8 heavy (non-hydrogen) atoms. The SMILES string of the molecule is CC(C)/N=C\C=C/N. The van der Waals surface area contributed by atoms with Gasteiger partial charge < -0.3 is 5.73 Å². The van der Waals surface area contributed by atoms with Gasteiger partial charge in [-0.2, -0.15) is 0 Å². The van der Waals surface area contributed by atoms with Gasteiger partial charge in [-0.05, 0) is 26.1 Å². The van der Waals surface area contributed by atoms with Crippen molar-refractivity contribution in [3.05, 3.63) is 12.3 Å². The first kappa shape index (κ1) is 7.21. The molecule has 2 nitrogen and oxygen atoms in total. The minimum atomic E-state index is 0.367. The molecule has 0 heterocycles. The Bertz CT molecular complexity index is 92.7. The molecule has 0 aliphatic rings. The molecule has 0 rings (SSSR count). The number of hydrogen-bond acceptors (Lipinski definition) is 2. The van der Waals surface area contributed by atoms with Gasteiger partial charge in [0.25, 0.3) is 0 Å². The molecule has 2 N–H and O–H groups in total. The Kier molecular flexibility index (Phi) is 3.94. The zero-order chi connectivity index (χ0) is 6.41. The smallest absolute Gasteiger partial charge is 0.0443 e. The van der Waals surface area contributed by atoms with E-state index in [1.165, 1.54) is 6.20 Å². The van der Waals surface area contributed by atoms with E-state index in [1.807, 2.05) is 13.8 Å². The van der Waals surface area contributed by atoms with Crippen LogP contribution in [0.1, 0.15) is 13.8 Å². The van der Waals surface area contributed by atoms with Crippen molar-refractivity contribution in [2.75, 3.05) is 0 Å². The summed E-state index contributed by atoms with van der Waals surface area (Å²) >= 11 is 0. The summed E-state index contributed by atoms with van der Waals surface area (Å²) in [7, 11) is 0. The normalized spacial score (nSPS) is 12.4. The molecular weight excluding hydrogens is 100 g/mol. The molecule has 46 valence electrons. The standard InChI is InChI=1S/C6H12N2/c1-6(2)8-5-3-4-7/h3-6H,7H2,1-2H3/b4-3-,8-5-. The number of rotatable bonds is 2. The van der Waals surface area contributed by atoms with E-state index in [2.05, 4.69) is 4.99 Å². The number of aliphatic imine (C=N–C) groups is 1. The van der Waals surface area contributed by atoms with Crippen LogP contribution in [0.2, 0.25) is 0 Å². The number of nitrogens with two attached hydrogens (primary N) is 1. The topological polar surface area (TPSA) is 38.4 Å². The number of hydrogen-bond donors (Lipinski definition) is 1. The van der Waals surface area contributed by atoms with E-state index >= 15 is 0 Å². The van der Waals surface area contributed by atoms with Crippen molar-refractivity contribution in [1.82, 2.24) is 0 Å². The van der Waals surface area contributed by atoms with E-state index in [0.717, 1.165) is 0 Å². The lowest BCUT2D eigenvalue weighted by atomic mass is 10.4. The molecule has 0 spiro atoms. The average Bonchev–Trinajstić information content (AvgIpc) is 1.66. The third-order valence-electron chi connectivity index (χ3n) is 0.581. The quantitative estimate of drug-likeness (QED) is 0.530. The Morgan fingerprint density at radius 2 is 2.12 bits per heavy atom. The lowest BCUT2D eigenvalue weighted by Gasteiger charge is -1.88. The highest BCUT2D eigenvalue weighted by molar-refractivity contribution is 5.70. The average molecular weight is 112 g/mol. The highest BCUT2D eigenvalue weighted by Gasteiger charge is 1.78. The number of allylic oxidation sites excluding steroid dienone is 1. The highest BCUT2D eigenvalue weighted by atomic mass is 14.7. The maximum Gasteiger partial charge on any atom is 0.0443 e. The fraction of sp³-hybridized carbons (Fsp3) is 0.500. The highest BCUT2D eigenvalue weighted by Crippen LogP contribution is 1.81. The Morgan fingerprint density at radius 3 is 2.50 bits per heavy atom. The Morgan fingerprint density at radius 1 is 1.50 bits per heavy atom. The number of nitrogens with zero attached hydrogens (tertiary/aromatic N) is 1. The summed E-state index contributed by atoms with van der Waals surface area (Å²) in [4.78, 5) is 4.02. The Labute approximate surface area is 50.1 Å². The van der Waals surface area contributed by atoms with Gasteiger partial charge in [-0.25, -0.2) is 0 Å². The van der Waals surface area contributed by atoms with Crippen LogP contribution < -0.4 is 5.73 Å². The summed E-state index contributed by atoms with van der Waals surface area (Å²) in [6, 6.07) is 0.367. The van der Waals surface area contributed by atoms with Crippen molar-refractivity contribution in [3.8, 4) is 0 Å². The van der Waals surface area contributed by atoms with Gasteiger partial charge in [-0.3, -0.25) is 4.99 Å². The van der Waals surface area contributed by atoms with E-state index in [1.54, 1.807) is 12.3 Å². The minimum Gasteiger partial charge on any atom is -0.405 e. The first-order valence-corrected chi connectivity index (χ1v) is 2.67. The van der Waals surface area contributed by atoms with E-state index in [4.69, 9.17) is 5.73 Å². The molecule has 0 bridgehead atoms. The first-order valence-electron chi connectivity index (χ1n) is 2.67. The maximum absolute atomic E-state index is 5.04. The largest absolute Gasteiger partial charge is 0.405 e. The van der Waals surface area contributed by atoms with Crippen molar-refractivity contribution < 1.29 is 0 Å². The monoisotopic (exact) mass is 112 g/mol. The molecule has 0 atom stereocenters. The van der Waals surface area contributed by atoms with E-state index in [9.17, 15) is 0 Å². The summed E-state index contributed by atoms with van der Waals surface area (Å²) in [6.07, 6.45) is 4.87. The van der Waals surface area contributed by atoms with Crippen LogP contribution in [-0.2, 0) is 0 Å². The summed E-state index contributed by atoms with van der Waals surface area (Å²) < 4.78 is 0. The van der Waals surface area contributed by atoms with Crippen LogP contribution in [-0.4, -0.2) is 12.3 Å². The van der Waals surface area contributed by atoms with Gasteiger partial charge in [0.05, 0.1) is 0 Å². The zero-order valence-corrected chi connectivity index (χ0v) is 5.33. The predicted molar refractivity (Wildman–Crippen MR) is 37.0 cm³/mol. The molecule has 2 heteroatoms. The van der Waals surface area contributed by atoms with Crippen molar-refractivity contribution in [1.29, 1.82) is 0 Å². The zero-order valence-electron chi connectivity index (χ0n) is 5.33. The summed E-state index contributed by atoms with van der Waals surface area (Å²) in [5.41, 5.74) is 5.04. The maximum atomic E-state index is 5.04. The van der Waals surface area contributed by atoms with Crippen LogP contribution in [0.25, 0.3) is 0 Å². The van der Waals surface area contributed by atoms with Gasteiger partial charge >= 0.3 is 0 Å². The van der Waals surface area contributed by atoms with Crippen molar-refractivity contribution in [2.24, 2.45) is 10.7 Å². The van der Waals surface area contributed by atoms with Crippen LogP contribution in [0.5, 0.6) is 0 Å². The van der Waals surface area contributed by atoms with Gasteiger partial charge in [-0.1, -0.05) is 0 Å². The van der Waals surface area contributed by atoms with Crippen molar-refractivity contribution in [3.63, 3.8) is 0 Å². The van der Waals surface area contributed by atoms with Crippen LogP contribution in [0.3, 0.4) is 0 Å². The van der Waals surface area contributed by atoms with Crippen molar-refractivity contribution >= 4 is 6.21 Å². The molecule has 0 amide bonds. The van der Waals surface area contributed by atoms with E-state index in [0.29, 0.717) is 6.04 Å². The van der Waals surface area contributed by atoms with Crippen LogP contribution in [0, 0.1) is 0 Å². The molecule has 0 aromatic carbocycles. The lowest BCUT2D eigenvalue weighted by molar-refractivity contribution is 0.842. The molecule has 0 radical (unpaired) electrons. The van der Waals surface area contributed by atoms with Crippen molar-refractivity contribution in [2.45, 2.75) is 19.9 Å². The second-order valence-corrected chi connectivity index (χ2v) is 1.78.